The number of hydrogen-bond acceptors (Lipinski definition) is 3. The maximum absolute atomic E-state index is 13.3. The first-order valence-corrected chi connectivity index (χ1v) is 10.1. The van der Waals surface area contributed by atoms with Crippen molar-refractivity contribution in [2.45, 2.75) is 6.92 Å². The highest BCUT2D eigenvalue weighted by atomic mass is 16.2. The lowest BCUT2D eigenvalue weighted by atomic mass is 9.85. The zero-order valence-electron chi connectivity index (χ0n) is 16.9. The van der Waals surface area contributed by atoms with Crippen LogP contribution in [0.25, 0.3) is 5.57 Å². The number of benzene rings is 2. The molecule has 0 radical (unpaired) electrons. The van der Waals surface area contributed by atoms with Crippen molar-refractivity contribution < 1.29 is 9.59 Å². The van der Waals surface area contributed by atoms with E-state index in [2.05, 4.69) is 48.2 Å². The van der Waals surface area contributed by atoms with Crippen LogP contribution in [0.4, 0.5) is 11.4 Å². The van der Waals surface area contributed by atoms with Crippen molar-refractivity contribution in [3.8, 4) is 0 Å². The van der Waals surface area contributed by atoms with E-state index < -0.39 is 0 Å². The summed E-state index contributed by atoms with van der Waals surface area (Å²) in [5.41, 5.74) is 5.42. The van der Waals surface area contributed by atoms with E-state index in [1.54, 1.807) is 0 Å². The third kappa shape index (κ3) is 2.52. The Bertz CT molecular complexity index is 1020. The molecule has 0 aromatic heterocycles. The molecule has 0 N–H and O–H groups in total. The van der Waals surface area contributed by atoms with E-state index >= 15 is 0 Å². The number of carbonyl (C=O) groups is 2. The molecule has 1 heterocycles. The molecule has 0 unspecified atom stereocenters. The third-order valence-electron chi connectivity index (χ3n) is 6.68. The predicted octanol–water partition coefficient (Wildman–Crippen LogP) is 4.15. The Labute approximate surface area is 171 Å². The van der Waals surface area contributed by atoms with Gasteiger partial charge in [0, 0.05) is 31.6 Å². The van der Waals surface area contributed by atoms with Crippen LogP contribution in [0.2, 0.25) is 0 Å². The van der Waals surface area contributed by atoms with Gasteiger partial charge in [-0.15, -0.1) is 0 Å². The number of fused-ring (bicyclic) bond motifs is 5. The van der Waals surface area contributed by atoms with Gasteiger partial charge >= 0.3 is 0 Å². The quantitative estimate of drug-likeness (QED) is 0.590. The average Bonchev–Trinajstić information content (AvgIpc) is 3.37. The fraction of sp³-hybridized carbons (Fsp3) is 0.280. The number of rotatable bonds is 3. The van der Waals surface area contributed by atoms with Crippen LogP contribution in [0.15, 0.2) is 72.3 Å². The van der Waals surface area contributed by atoms with Gasteiger partial charge in [0.15, 0.2) is 0 Å². The molecule has 3 aliphatic rings. The smallest absolute Gasteiger partial charge is 0.238 e. The molecule has 2 fully saturated rings. The standard InChI is InChI=1S/C25H24N2O2/c1-15(16-9-11-17(12-10-16)26(2)3)21-19-13-14-20(21)23-22(19)24(28)27(25(23)29)18-7-5-4-6-8-18/h4-14,19-20,22-23H,1-3H3/t19-,20+,22-,23+. The Hall–Kier alpha value is -3.14. The van der Waals surface area contributed by atoms with E-state index in [-0.39, 0.29) is 35.5 Å². The molecular formula is C25H24N2O2. The second-order valence-electron chi connectivity index (χ2n) is 8.36. The van der Waals surface area contributed by atoms with Gasteiger partial charge in [-0.05, 0) is 42.3 Å². The van der Waals surface area contributed by atoms with Crippen molar-refractivity contribution in [3.05, 3.63) is 77.9 Å². The van der Waals surface area contributed by atoms with Crippen LogP contribution in [-0.2, 0) is 9.59 Å². The highest BCUT2D eigenvalue weighted by Gasteiger charge is 2.62. The van der Waals surface area contributed by atoms with Crippen LogP contribution in [0.1, 0.15) is 12.5 Å². The number of amides is 2. The van der Waals surface area contributed by atoms with E-state index in [0.29, 0.717) is 5.69 Å². The fourth-order valence-electron chi connectivity index (χ4n) is 5.27. The molecule has 146 valence electrons. The zero-order chi connectivity index (χ0) is 20.3. The summed E-state index contributed by atoms with van der Waals surface area (Å²) in [4.78, 5) is 30.0. The number of carbonyl (C=O) groups excluding carboxylic acids is 2. The Balaban J connectivity index is 1.51. The molecule has 2 aromatic carbocycles. The molecule has 4 nitrogen and oxygen atoms in total. The Morgan fingerprint density at radius 1 is 0.828 bits per heavy atom. The van der Waals surface area contributed by atoms with Gasteiger partial charge in [-0.3, -0.25) is 9.59 Å². The monoisotopic (exact) mass is 384 g/mol. The van der Waals surface area contributed by atoms with Gasteiger partial charge in [-0.1, -0.05) is 48.1 Å². The maximum atomic E-state index is 13.3. The molecule has 4 atom stereocenters. The number of anilines is 2. The molecule has 1 aliphatic heterocycles. The van der Waals surface area contributed by atoms with E-state index in [1.807, 2.05) is 44.4 Å². The van der Waals surface area contributed by atoms with Crippen LogP contribution in [0.5, 0.6) is 0 Å². The summed E-state index contributed by atoms with van der Waals surface area (Å²) >= 11 is 0. The average molecular weight is 384 g/mol. The highest BCUT2D eigenvalue weighted by molar-refractivity contribution is 6.23. The van der Waals surface area contributed by atoms with Crippen molar-refractivity contribution in [2.24, 2.45) is 23.7 Å². The highest BCUT2D eigenvalue weighted by Crippen LogP contribution is 2.58. The van der Waals surface area contributed by atoms with E-state index in [4.69, 9.17) is 0 Å². The van der Waals surface area contributed by atoms with Gasteiger partial charge < -0.3 is 4.90 Å². The molecule has 2 bridgehead atoms. The molecule has 1 saturated carbocycles. The number of nitrogens with zero attached hydrogens (tertiary/aromatic N) is 2. The fourth-order valence-corrected chi connectivity index (χ4v) is 5.27. The first-order chi connectivity index (χ1) is 14.0. The minimum absolute atomic E-state index is 0.0173. The summed E-state index contributed by atoms with van der Waals surface area (Å²) in [5, 5.41) is 0. The molecule has 0 spiro atoms. The lowest BCUT2D eigenvalue weighted by Crippen LogP contribution is -2.33. The number of para-hydroxylation sites is 1. The third-order valence-corrected chi connectivity index (χ3v) is 6.68. The number of hydrogen-bond donors (Lipinski definition) is 0. The predicted molar refractivity (Wildman–Crippen MR) is 115 cm³/mol. The summed E-state index contributed by atoms with van der Waals surface area (Å²) in [7, 11) is 4.05. The number of imide groups is 1. The van der Waals surface area contributed by atoms with Crippen LogP contribution in [0.3, 0.4) is 0 Å². The van der Waals surface area contributed by atoms with E-state index in [1.165, 1.54) is 16.0 Å². The lowest BCUT2D eigenvalue weighted by molar-refractivity contribution is -0.122. The van der Waals surface area contributed by atoms with Crippen LogP contribution in [0, 0.1) is 23.7 Å². The molecule has 2 amide bonds. The molecule has 5 rings (SSSR count). The minimum Gasteiger partial charge on any atom is -0.378 e. The van der Waals surface area contributed by atoms with Gasteiger partial charge in [-0.2, -0.15) is 0 Å². The Kier molecular flexibility index (Phi) is 3.98. The summed E-state index contributed by atoms with van der Waals surface area (Å²) in [6.07, 6.45) is 4.27. The van der Waals surface area contributed by atoms with Gasteiger partial charge in [-0.25, -0.2) is 4.90 Å². The van der Waals surface area contributed by atoms with Crippen molar-refractivity contribution in [3.63, 3.8) is 0 Å². The largest absolute Gasteiger partial charge is 0.378 e. The van der Waals surface area contributed by atoms with Gasteiger partial charge in [0.2, 0.25) is 11.8 Å². The first kappa shape index (κ1) is 17.9. The molecule has 4 heteroatoms. The van der Waals surface area contributed by atoms with Gasteiger partial charge in [0.1, 0.15) is 0 Å². The number of allylic oxidation sites excluding steroid dienone is 4. The van der Waals surface area contributed by atoms with Crippen molar-refractivity contribution >= 4 is 28.8 Å². The Morgan fingerprint density at radius 2 is 1.38 bits per heavy atom. The van der Waals surface area contributed by atoms with E-state index in [0.717, 1.165) is 11.3 Å². The van der Waals surface area contributed by atoms with Crippen LogP contribution < -0.4 is 9.80 Å². The van der Waals surface area contributed by atoms with E-state index in [9.17, 15) is 9.59 Å². The first-order valence-electron chi connectivity index (χ1n) is 10.1. The summed E-state index contributed by atoms with van der Waals surface area (Å²) in [6, 6.07) is 17.8. The molecule has 1 saturated heterocycles. The maximum Gasteiger partial charge on any atom is 0.238 e. The molecular weight excluding hydrogens is 360 g/mol. The molecule has 2 aliphatic carbocycles. The zero-order valence-corrected chi connectivity index (χ0v) is 16.9. The van der Waals surface area contributed by atoms with Crippen molar-refractivity contribution in [2.75, 3.05) is 23.9 Å². The molecule has 2 aromatic rings. The van der Waals surface area contributed by atoms with Gasteiger partial charge in [0.05, 0.1) is 17.5 Å². The lowest BCUT2D eigenvalue weighted by Gasteiger charge is -2.20. The Morgan fingerprint density at radius 3 is 1.90 bits per heavy atom. The van der Waals surface area contributed by atoms with Crippen LogP contribution in [-0.4, -0.2) is 25.9 Å². The summed E-state index contributed by atoms with van der Waals surface area (Å²) in [6.45, 7) is 2.12. The summed E-state index contributed by atoms with van der Waals surface area (Å²) < 4.78 is 0. The second-order valence-corrected chi connectivity index (χ2v) is 8.36. The van der Waals surface area contributed by atoms with Crippen molar-refractivity contribution in [1.82, 2.24) is 0 Å². The topological polar surface area (TPSA) is 40.6 Å². The van der Waals surface area contributed by atoms with Crippen LogP contribution >= 0.6 is 0 Å². The van der Waals surface area contributed by atoms with Gasteiger partial charge in [0.25, 0.3) is 0 Å². The van der Waals surface area contributed by atoms with Crippen molar-refractivity contribution in [1.29, 1.82) is 0 Å². The summed E-state index contributed by atoms with van der Waals surface area (Å²) in [5.74, 6) is -0.632. The second kappa shape index (κ2) is 6.45. The normalized spacial score (nSPS) is 28.9. The minimum atomic E-state index is -0.274. The molecule has 29 heavy (non-hydrogen) atoms. The SMILES string of the molecule is CC(=C1[C@H]2C=C[C@@H]1[C@@H]1C(=O)N(c3ccccc3)C(=O)[C@@H]12)c1ccc(N(C)C)cc1.